The number of halogens is 2. The summed E-state index contributed by atoms with van der Waals surface area (Å²) in [5.74, 6) is -1.05. The van der Waals surface area contributed by atoms with E-state index in [1.54, 1.807) is 24.3 Å². The van der Waals surface area contributed by atoms with E-state index in [0.29, 0.717) is 5.56 Å². The average Bonchev–Trinajstić information content (AvgIpc) is 3.02. The smallest absolute Gasteiger partial charge is 0.345 e. The van der Waals surface area contributed by atoms with Gasteiger partial charge in [0.05, 0.1) is 5.02 Å². The molecule has 0 fully saturated rings. The molecule has 3 rings (SSSR count). The van der Waals surface area contributed by atoms with Gasteiger partial charge in [-0.1, -0.05) is 53.5 Å². The van der Waals surface area contributed by atoms with Gasteiger partial charge in [0, 0.05) is 18.5 Å². The maximum atomic E-state index is 12.6. The lowest BCUT2D eigenvalue weighted by Gasteiger charge is -2.12. The Hall–Kier alpha value is -1.80. The minimum atomic E-state index is -3.94. The highest BCUT2D eigenvalue weighted by molar-refractivity contribution is 7.89. The Morgan fingerprint density at radius 1 is 1.24 bits per heavy atom. The maximum Gasteiger partial charge on any atom is 0.345 e. The third-order valence-corrected chi connectivity index (χ3v) is 6.13. The molecule has 1 aliphatic rings. The third-order valence-electron chi connectivity index (χ3n) is 3.74. The van der Waals surface area contributed by atoms with Crippen LogP contribution in [0.4, 0.5) is 0 Å². The standard InChI is InChI=1S/C16H13Cl2NO5S/c17-13-12(25(22,23)19-8-9-4-2-1-3-5-9)7-10-6-11(16(20)21)24-15(10)14(13)18/h1-5,7,11,19H,6,8H2,(H,20,21). The fraction of sp³-hybridized carbons (Fsp3) is 0.188. The van der Waals surface area contributed by atoms with Crippen LogP contribution in [0.5, 0.6) is 5.75 Å². The van der Waals surface area contributed by atoms with Crippen LogP contribution in [0.3, 0.4) is 0 Å². The van der Waals surface area contributed by atoms with Crippen LogP contribution in [0.15, 0.2) is 41.3 Å². The van der Waals surface area contributed by atoms with Crippen LogP contribution < -0.4 is 9.46 Å². The van der Waals surface area contributed by atoms with Gasteiger partial charge in [0.25, 0.3) is 0 Å². The molecule has 1 heterocycles. The molecule has 2 aromatic carbocycles. The fourth-order valence-corrected chi connectivity index (χ4v) is 4.40. The van der Waals surface area contributed by atoms with Gasteiger partial charge in [0.15, 0.2) is 6.10 Å². The van der Waals surface area contributed by atoms with Crippen molar-refractivity contribution in [3.63, 3.8) is 0 Å². The predicted octanol–water partition coefficient (Wildman–Crippen LogP) is 2.86. The van der Waals surface area contributed by atoms with Crippen molar-refractivity contribution in [1.82, 2.24) is 4.72 Å². The van der Waals surface area contributed by atoms with E-state index in [1.807, 2.05) is 6.07 Å². The predicted molar refractivity (Wildman–Crippen MR) is 92.7 cm³/mol. The van der Waals surface area contributed by atoms with E-state index in [2.05, 4.69) is 4.72 Å². The molecule has 0 saturated heterocycles. The fourth-order valence-electron chi connectivity index (χ4n) is 2.48. The number of fused-ring (bicyclic) bond motifs is 1. The van der Waals surface area contributed by atoms with Crippen LogP contribution >= 0.6 is 23.2 Å². The molecule has 2 aromatic rings. The molecule has 1 atom stereocenters. The summed E-state index contributed by atoms with van der Waals surface area (Å²) in [4.78, 5) is 10.9. The zero-order chi connectivity index (χ0) is 18.2. The van der Waals surface area contributed by atoms with Crippen molar-refractivity contribution in [1.29, 1.82) is 0 Å². The first-order valence-corrected chi connectivity index (χ1v) is 9.47. The summed E-state index contributed by atoms with van der Waals surface area (Å²) in [5, 5.41) is 8.74. The summed E-state index contributed by atoms with van der Waals surface area (Å²) in [7, 11) is -3.94. The van der Waals surface area contributed by atoms with E-state index in [-0.39, 0.29) is 33.7 Å². The molecule has 1 aliphatic heterocycles. The van der Waals surface area contributed by atoms with Crippen molar-refractivity contribution in [2.75, 3.05) is 0 Å². The second kappa shape index (κ2) is 6.84. The summed E-state index contributed by atoms with van der Waals surface area (Å²) in [5.41, 5.74) is 1.17. The topological polar surface area (TPSA) is 92.7 Å². The number of rotatable bonds is 5. The average molecular weight is 402 g/mol. The van der Waals surface area contributed by atoms with E-state index in [4.69, 9.17) is 33.0 Å². The van der Waals surface area contributed by atoms with Gasteiger partial charge in [0.1, 0.15) is 15.7 Å². The Morgan fingerprint density at radius 2 is 1.92 bits per heavy atom. The largest absolute Gasteiger partial charge is 0.478 e. The van der Waals surface area contributed by atoms with Crippen molar-refractivity contribution >= 4 is 39.2 Å². The second-order valence-corrected chi connectivity index (χ2v) is 7.94. The number of benzene rings is 2. The highest BCUT2D eigenvalue weighted by Gasteiger charge is 2.34. The highest BCUT2D eigenvalue weighted by Crippen LogP contribution is 2.43. The van der Waals surface area contributed by atoms with Gasteiger partial charge in [-0.25, -0.2) is 17.9 Å². The molecule has 9 heteroatoms. The quantitative estimate of drug-likeness (QED) is 0.803. The minimum absolute atomic E-state index is 0.0166. The van der Waals surface area contributed by atoms with Gasteiger partial charge >= 0.3 is 5.97 Å². The SMILES string of the molecule is O=C(O)C1Cc2cc(S(=O)(=O)NCc3ccccc3)c(Cl)c(Cl)c2O1. The van der Waals surface area contributed by atoms with E-state index in [0.717, 1.165) is 5.56 Å². The summed E-state index contributed by atoms with van der Waals surface area (Å²) in [6.45, 7) is 0.0858. The van der Waals surface area contributed by atoms with Gasteiger partial charge in [-0.3, -0.25) is 0 Å². The Balaban J connectivity index is 1.91. The monoisotopic (exact) mass is 401 g/mol. The Kier molecular flexibility index (Phi) is 4.92. The van der Waals surface area contributed by atoms with Crippen LogP contribution in [0.2, 0.25) is 10.0 Å². The number of carboxylic acid groups (broad SMARTS) is 1. The maximum absolute atomic E-state index is 12.6. The van der Waals surface area contributed by atoms with E-state index < -0.39 is 22.1 Å². The zero-order valence-electron chi connectivity index (χ0n) is 12.7. The summed E-state index contributed by atoms with van der Waals surface area (Å²) >= 11 is 12.2. The molecule has 0 bridgehead atoms. The van der Waals surface area contributed by atoms with Gasteiger partial charge in [-0.2, -0.15) is 0 Å². The number of nitrogens with one attached hydrogen (secondary N) is 1. The lowest BCUT2D eigenvalue weighted by atomic mass is 10.1. The van der Waals surface area contributed by atoms with Crippen molar-refractivity contribution in [3.05, 3.63) is 57.6 Å². The number of carbonyl (C=O) groups is 1. The van der Waals surface area contributed by atoms with Crippen molar-refractivity contribution < 1.29 is 23.1 Å². The number of hydrogen-bond acceptors (Lipinski definition) is 4. The molecule has 2 N–H and O–H groups in total. The Morgan fingerprint density at radius 3 is 2.56 bits per heavy atom. The summed E-state index contributed by atoms with van der Waals surface area (Å²) < 4.78 is 32.9. The second-order valence-electron chi connectivity index (χ2n) is 5.45. The molecule has 25 heavy (non-hydrogen) atoms. The molecule has 6 nitrogen and oxygen atoms in total. The van der Waals surface area contributed by atoms with Gasteiger partial charge in [0.2, 0.25) is 10.0 Å². The summed E-state index contributed by atoms with van der Waals surface area (Å²) in [6, 6.07) is 10.3. The lowest BCUT2D eigenvalue weighted by Crippen LogP contribution is -2.24. The zero-order valence-corrected chi connectivity index (χ0v) is 15.0. The third kappa shape index (κ3) is 3.59. The van der Waals surface area contributed by atoms with E-state index in [9.17, 15) is 13.2 Å². The number of carboxylic acids is 1. The Labute approximate surface area is 154 Å². The van der Waals surface area contributed by atoms with Crippen LogP contribution in [0, 0.1) is 0 Å². The first-order valence-electron chi connectivity index (χ1n) is 7.23. The van der Waals surface area contributed by atoms with Gasteiger partial charge in [-0.15, -0.1) is 0 Å². The summed E-state index contributed by atoms with van der Waals surface area (Å²) in [6.07, 6.45) is -1.10. The normalized spacial score (nSPS) is 16.3. The van der Waals surface area contributed by atoms with Crippen LogP contribution in [-0.4, -0.2) is 25.6 Å². The number of ether oxygens (including phenoxy) is 1. The molecule has 0 amide bonds. The van der Waals surface area contributed by atoms with Gasteiger partial charge < -0.3 is 9.84 Å². The number of aliphatic carboxylic acids is 1. The first-order chi connectivity index (χ1) is 11.8. The molecule has 0 radical (unpaired) electrons. The molecule has 0 aromatic heterocycles. The van der Waals surface area contributed by atoms with Crippen molar-refractivity contribution in [2.45, 2.75) is 24.0 Å². The number of hydrogen-bond donors (Lipinski definition) is 2. The minimum Gasteiger partial charge on any atom is -0.478 e. The van der Waals surface area contributed by atoms with Crippen molar-refractivity contribution in [2.24, 2.45) is 0 Å². The van der Waals surface area contributed by atoms with Crippen LogP contribution in [-0.2, 0) is 27.8 Å². The van der Waals surface area contributed by atoms with Crippen LogP contribution in [0.1, 0.15) is 11.1 Å². The van der Waals surface area contributed by atoms with E-state index in [1.165, 1.54) is 6.07 Å². The van der Waals surface area contributed by atoms with Gasteiger partial charge in [-0.05, 0) is 11.6 Å². The van der Waals surface area contributed by atoms with Crippen LogP contribution in [0.25, 0.3) is 0 Å². The molecule has 1 unspecified atom stereocenters. The molecule has 0 aliphatic carbocycles. The Bertz CT molecular complexity index is 931. The molecule has 132 valence electrons. The molecular formula is C16H13Cl2NO5S. The van der Waals surface area contributed by atoms with E-state index >= 15 is 0 Å². The number of sulfonamides is 1. The first kappa shape index (κ1) is 18.0. The van der Waals surface area contributed by atoms with Crippen molar-refractivity contribution in [3.8, 4) is 5.75 Å². The molecule has 0 saturated carbocycles. The lowest BCUT2D eigenvalue weighted by molar-refractivity contribution is -0.144. The molecular weight excluding hydrogens is 389 g/mol. The molecule has 0 spiro atoms. The highest BCUT2D eigenvalue weighted by atomic mass is 35.5.